The third-order valence-corrected chi connectivity index (χ3v) is 6.78. The quantitative estimate of drug-likeness (QED) is 0.551. The summed E-state index contributed by atoms with van der Waals surface area (Å²) >= 11 is 0. The zero-order chi connectivity index (χ0) is 21.2. The molecule has 1 saturated carbocycles. The number of hydrogen-bond acceptors (Lipinski definition) is 3. The van der Waals surface area contributed by atoms with Gasteiger partial charge in [-0.25, -0.2) is 0 Å². The van der Waals surface area contributed by atoms with E-state index in [1.54, 1.807) is 6.20 Å². The summed E-state index contributed by atoms with van der Waals surface area (Å²) in [5.74, 6) is 2.37. The molecular formula is C26H29N3O2. The fourth-order valence-electron chi connectivity index (χ4n) is 5.27. The monoisotopic (exact) mass is 415 g/mol. The van der Waals surface area contributed by atoms with E-state index < -0.39 is 0 Å². The van der Waals surface area contributed by atoms with E-state index >= 15 is 0 Å². The summed E-state index contributed by atoms with van der Waals surface area (Å²) in [5, 5.41) is 4.44. The molecule has 2 atom stereocenters. The van der Waals surface area contributed by atoms with Gasteiger partial charge in [-0.3, -0.25) is 9.48 Å². The molecule has 2 unspecified atom stereocenters. The molecule has 2 aliphatic rings. The number of carbonyl (C=O) groups excluding carboxylic acids is 1. The van der Waals surface area contributed by atoms with Crippen molar-refractivity contribution in [2.24, 2.45) is 13.0 Å². The molecule has 160 valence electrons. The number of likely N-dealkylation sites (tertiary alicyclic amines) is 1. The molecule has 1 aliphatic carbocycles. The van der Waals surface area contributed by atoms with Crippen LogP contribution in [0, 0.1) is 5.92 Å². The van der Waals surface area contributed by atoms with Crippen LogP contribution in [0.3, 0.4) is 0 Å². The maximum Gasteiger partial charge on any atom is 0.257 e. The second-order valence-electron chi connectivity index (χ2n) is 8.72. The molecule has 5 nitrogen and oxygen atoms in total. The Morgan fingerprint density at radius 1 is 0.935 bits per heavy atom. The number of aryl methyl sites for hydroxylation is 1. The summed E-state index contributed by atoms with van der Waals surface area (Å²) in [6, 6.07) is 18.0. The average molecular weight is 416 g/mol. The minimum atomic E-state index is 0.129. The van der Waals surface area contributed by atoms with Crippen LogP contribution in [0.1, 0.15) is 48.9 Å². The first kappa shape index (κ1) is 19.9. The maximum atomic E-state index is 13.6. The maximum absolute atomic E-state index is 13.6. The molecule has 1 amide bonds. The van der Waals surface area contributed by atoms with Gasteiger partial charge in [0, 0.05) is 25.2 Å². The van der Waals surface area contributed by atoms with Crippen LogP contribution in [0.15, 0.2) is 60.8 Å². The first-order valence-corrected chi connectivity index (χ1v) is 11.4. The molecule has 0 N–H and O–H groups in total. The van der Waals surface area contributed by atoms with Crippen molar-refractivity contribution >= 4 is 5.91 Å². The Morgan fingerprint density at radius 3 is 2.45 bits per heavy atom. The van der Waals surface area contributed by atoms with Gasteiger partial charge in [-0.15, -0.1) is 0 Å². The van der Waals surface area contributed by atoms with E-state index in [1.165, 1.54) is 25.7 Å². The van der Waals surface area contributed by atoms with Crippen LogP contribution in [-0.4, -0.2) is 33.2 Å². The predicted octanol–water partition coefficient (Wildman–Crippen LogP) is 5.67. The van der Waals surface area contributed by atoms with Crippen molar-refractivity contribution in [3.8, 4) is 22.8 Å². The Bertz CT molecular complexity index is 1040. The molecule has 31 heavy (non-hydrogen) atoms. The van der Waals surface area contributed by atoms with Gasteiger partial charge in [0.25, 0.3) is 5.91 Å². The van der Waals surface area contributed by atoms with Gasteiger partial charge in [-0.1, -0.05) is 31.0 Å². The fourth-order valence-corrected chi connectivity index (χ4v) is 5.27. The largest absolute Gasteiger partial charge is 0.457 e. The molecule has 5 heteroatoms. The van der Waals surface area contributed by atoms with Crippen molar-refractivity contribution in [1.29, 1.82) is 0 Å². The molecule has 3 aromatic rings. The highest BCUT2D eigenvalue weighted by atomic mass is 16.5. The van der Waals surface area contributed by atoms with E-state index in [2.05, 4.69) is 10.00 Å². The Morgan fingerprint density at radius 2 is 1.65 bits per heavy atom. The van der Waals surface area contributed by atoms with E-state index in [1.807, 2.05) is 66.3 Å². The molecule has 2 fully saturated rings. The number of amides is 1. The molecule has 0 spiro atoms. The number of piperidine rings is 1. The average Bonchev–Trinajstić information content (AvgIpc) is 3.21. The molecule has 5 rings (SSSR count). The van der Waals surface area contributed by atoms with E-state index in [0.717, 1.165) is 42.1 Å². The number of hydrogen-bond donors (Lipinski definition) is 0. The van der Waals surface area contributed by atoms with E-state index in [9.17, 15) is 4.79 Å². The third kappa shape index (κ3) is 3.97. The van der Waals surface area contributed by atoms with Gasteiger partial charge in [0.2, 0.25) is 0 Å². The van der Waals surface area contributed by atoms with Crippen molar-refractivity contribution < 1.29 is 9.53 Å². The minimum Gasteiger partial charge on any atom is -0.457 e. The fraction of sp³-hybridized carbons (Fsp3) is 0.385. The van der Waals surface area contributed by atoms with Crippen LogP contribution in [0.2, 0.25) is 0 Å². The summed E-state index contributed by atoms with van der Waals surface area (Å²) in [4.78, 5) is 15.8. The number of aromatic nitrogens is 2. The summed E-state index contributed by atoms with van der Waals surface area (Å²) in [7, 11) is 1.90. The van der Waals surface area contributed by atoms with Crippen LogP contribution >= 0.6 is 0 Å². The van der Waals surface area contributed by atoms with Gasteiger partial charge >= 0.3 is 0 Å². The number of fused-ring (bicyclic) bond motifs is 1. The first-order chi connectivity index (χ1) is 15.2. The van der Waals surface area contributed by atoms with Gasteiger partial charge in [-0.2, -0.15) is 5.10 Å². The van der Waals surface area contributed by atoms with E-state index in [0.29, 0.717) is 17.5 Å². The zero-order valence-electron chi connectivity index (χ0n) is 18.0. The van der Waals surface area contributed by atoms with Gasteiger partial charge in [-0.05, 0) is 68.0 Å². The van der Waals surface area contributed by atoms with E-state index in [4.69, 9.17) is 4.74 Å². The first-order valence-electron chi connectivity index (χ1n) is 11.4. The van der Waals surface area contributed by atoms with Crippen LogP contribution in [-0.2, 0) is 7.05 Å². The Labute approximate surface area is 183 Å². The van der Waals surface area contributed by atoms with Crippen LogP contribution in [0.25, 0.3) is 11.3 Å². The number of para-hydroxylation sites is 1. The molecule has 1 aromatic heterocycles. The summed E-state index contributed by atoms with van der Waals surface area (Å²) in [6.07, 6.45) is 9.03. The number of benzene rings is 2. The van der Waals surface area contributed by atoms with E-state index in [-0.39, 0.29) is 5.91 Å². The second-order valence-corrected chi connectivity index (χ2v) is 8.72. The summed E-state index contributed by atoms with van der Waals surface area (Å²) < 4.78 is 7.72. The van der Waals surface area contributed by atoms with Crippen LogP contribution < -0.4 is 4.74 Å². The lowest BCUT2D eigenvalue weighted by Crippen LogP contribution is -2.49. The smallest absolute Gasteiger partial charge is 0.257 e. The molecule has 2 heterocycles. The lowest BCUT2D eigenvalue weighted by atomic mass is 9.78. The standard InChI is InChI=1S/C26H29N3O2/c1-28-25(20-13-15-22(16-14-20)31-21-10-3-2-4-11-21)23(18-27-28)26(30)29-17-7-9-19-8-5-6-12-24(19)29/h2-4,10-11,13-16,18-19,24H,5-9,12,17H2,1H3. The SMILES string of the molecule is Cn1ncc(C(=O)N2CCCC3CCCCC32)c1-c1ccc(Oc2ccccc2)cc1. The van der Waals surface area contributed by atoms with Gasteiger partial charge in [0.05, 0.1) is 17.5 Å². The highest BCUT2D eigenvalue weighted by Crippen LogP contribution is 2.37. The molecule has 0 bridgehead atoms. The molecular weight excluding hydrogens is 386 g/mol. The molecule has 0 radical (unpaired) electrons. The number of rotatable bonds is 4. The highest BCUT2D eigenvalue weighted by molar-refractivity contribution is 6.00. The number of nitrogens with zero attached hydrogens (tertiary/aromatic N) is 3. The second kappa shape index (κ2) is 8.58. The van der Waals surface area contributed by atoms with Gasteiger partial charge in [0.1, 0.15) is 11.5 Å². The number of carbonyl (C=O) groups is 1. The van der Waals surface area contributed by atoms with Crippen LogP contribution in [0.5, 0.6) is 11.5 Å². The molecule has 1 saturated heterocycles. The highest BCUT2D eigenvalue weighted by Gasteiger charge is 2.37. The molecule has 2 aromatic carbocycles. The minimum absolute atomic E-state index is 0.129. The zero-order valence-corrected chi connectivity index (χ0v) is 18.0. The van der Waals surface area contributed by atoms with Crippen molar-refractivity contribution in [2.75, 3.05) is 6.54 Å². The van der Waals surface area contributed by atoms with Crippen molar-refractivity contribution in [3.63, 3.8) is 0 Å². The summed E-state index contributed by atoms with van der Waals surface area (Å²) in [6.45, 7) is 0.859. The van der Waals surface area contributed by atoms with Crippen molar-refractivity contribution in [3.05, 3.63) is 66.4 Å². The molecule has 1 aliphatic heterocycles. The van der Waals surface area contributed by atoms with Gasteiger partial charge < -0.3 is 9.64 Å². The van der Waals surface area contributed by atoms with Gasteiger partial charge in [0.15, 0.2) is 0 Å². The normalized spacial score (nSPS) is 20.9. The van der Waals surface area contributed by atoms with Crippen molar-refractivity contribution in [1.82, 2.24) is 14.7 Å². The van der Waals surface area contributed by atoms with Crippen molar-refractivity contribution in [2.45, 2.75) is 44.6 Å². The number of ether oxygens (including phenoxy) is 1. The third-order valence-electron chi connectivity index (χ3n) is 6.78. The lowest BCUT2D eigenvalue weighted by Gasteiger charge is -2.44. The predicted molar refractivity (Wildman–Crippen MR) is 121 cm³/mol. The Hall–Kier alpha value is -3.08. The lowest BCUT2D eigenvalue weighted by molar-refractivity contribution is 0.0391. The summed E-state index contributed by atoms with van der Waals surface area (Å²) in [5.41, 5.74) is 2.54. The topological polar surface area (TPSA) is 47.4 Å². The Balaban J connectivity index is 1.40. The van der Waals surface area contributed by atoms with Crippen LogP contribution in [0.4, 0.5) is 0 Å². The Kier molecular flexibility index (Phi) is 5.49.